The summed E-state index contributed by atoms with van der Waals surface area (Å²) in [6, 6.07) is 1.68. The summed E-state index contributed by atoms with van der Waals surface area (Å²) in [5, 5.41) is 5.39. The standard InChI is InChI=1S/C20H31N3O7S/c1-6-13(2)21-19(24)14(3)22-20(25)16-11-15(12-17(28-4)18(16)29-5)31(26,27)23-7-9-30-10-8-23/h11-14H,6-10H2,1-5H3,(H,21,24)(H,22,25). The van der Waals surface area contributed by atoms with E-state index >= 15 is 0 Å². The van der Waals surface area contributed by atoms with Crippen LogP contribution in [0.25, 0.3) is 0 Å². The first-order valence-electron chi connectivity index (χ1n) is 10.1. The van der Waals surface area contributed by atoms with Gasteiger partial charge in [-0.1, -0.05) is 6.92 Å². The monoisotopic (exact) mass is 457 g/mol. The fraction of sp³-hybridized carbons (Fsp3) is 0.600. The SMILES string of the molecule is CCC(C)NC(=O)C(C)NC(=O)c1cc(S(=O)(=O)N2CCOCC2)cc(OC)c1OC. The molecule has 0 saturated carbocycles. The second-order valence-corrected chi connectivity index (χ2v) is 9.17. The van der Waals surface area contributed by atoms with Gasteiger partial charge in [-0.2, -0.15) is 4.31 Å². The van der Waals surface area contributed by atoms with Crippen LogP contribution < -0.4 is 20.1 Å². The summed E-state index contributed by atoms with van der Waals surface area (Å²) in [6.45, 7) is 6.36. The summed E-state index contributed by atoms with van der Waals surface area (Å²) < 4.78 is 43.3. The number of carbonyl (C=O) groups is 2. The van der Waals surface area contributed by atoms with Gasteiger partial charge in [-0.25, -0.2) is 8.42 Å². The molecule has 31 heavy (non-hydrogen) atoms. The van der Waals surface area contributed by atoms with E-state index < -0.39 is 22.0 Å². The van der Waals surface area contributed by atoms with Crippen LogP contribution in [-0.4, -0.2) is 77.1 Å². The minimum Gasteiger partial charge on any atom is -0.493 e. The fourth-order valence-corrected chi connectivity index (χ4v) is 4.45. The van der Waals surface area contributed by atoms with E-state index in [9.17, 15) is 18.0 Å². The van der Waals surface area contributed by atoms with Crippen molar-refractivity contribution in [2.45, 2.75) is 44.2 Å². The first kappa shape index (κ1) is 24.9. The van der Waals surface area contributed by atoms with Crippen molar-refractivity contribution in [2.24, 2.45) is 0 Å². The molecule has 0 spiro atoms. The third-order valence-electron chi connectivity index (χ3n) is 5.05. The number of hydrogen-bond donors (Lipinski definition) is 2. The Morgan fingerprint density at radius 2 is 1.77 bits per heavy atom. The molecule has 0 aliphatic carbocycles. The molecular formula is C20H31N3O7S. The number of amides is 2. The predicted molar refractivity (Wildman–Crippen MR) is 114 cm³/mol. The molecular weight excluding hydrogens is 426 g/mol. The Morgan fingerprint density at radius 1 is 1.13 bits per heavy atom. The third-order valence-corrected chi connectivity index (χ3v) is 6.92. The van der Waals surface area contributed by atoms with Gasteiger partial charge in [0.1, 0.15) is 6.04 Å². The predicted octanol–water partition coefficient (Wildman–Crippen LogP) is 0.758. The largest absolute Gasteiger partial charge is 0.493 e. The highest BCUT2D eigenvalue weighted by Gasteiger charge is 2.30. The van der Waals surface area contributed by atoms with E-state index in [0.29, 0.717) is 13.2 Å². The van der Waals surface area contributed by atoms with Crippen LogP contribution in [0.1, 0.15) is 37.6 Å². The van der Waals surface area contributed by atoms with Gasteiger partial charge >= 0.3 is 0 Å². The molecule has 2 atom stereocenters. The van der Waals surface area contributed by atoms with E-state index in [0.717, 1.165) is 6.42 Å². The van der Waals surface area contributed by atoms with E-state index in [1.165, 1.54) is 30.7 Å². The lowest BCUT2D eigenvalue weighted by Gasteiger charge is -2.26. The average Bonchev–Trinajstić information content (AvgIpc) is 2.78. The molecule has 2 amide bonds. The Hall–Kier alpha value is -2.37. The Balaban J connectivity index is 2.38. The van der Waals surface area contributed by atoms with Gasteiger partial charge < -0.3 is 24.8 Å². The van der Waals surface area contributed by atoms with E-state index in [-0.39, 0.29) is 47.0 Å². The van der Waals surface area contributed by atoms with Crippen molar-refractivity contribution >= 4 is 21.8 Å². The Bertz CT molecular complexity index is 898. The first-order valence-corrected chi connectivity index (χ1v) is 11.5. The lowest BCUT2D eigenvalue weighted by atomic mass is 10.1. The summed E-state index contributed by atoms with van der Waals surface area (Å²) in [6.07, 6.45) is 0.749. The maximum absolute atomic E-state index is 13.1. The van der Waals surface area contributed by atoms with Crippen molar-refractivity contribution in [3.8, 4) is 11.5 Å². The lowest BCUT2D eigenvalue weighted by Crippen LogP contribution is -2.47. The van der Waals surface area contributed by atoms with Crippen LogP contribution in [0.5, 0.6) is 11.5 Å². The number of ether oxygens (including phenoxy) is 3. The number of hydrogen-bond acceptors (Lipinski definition) is 7. The number of carbonyl (C=O) groups excluding carboxylic acids is 2. The number of benzene rings is 1. The van der Waals surface area contributed by atoms with Gasteiger partial charge in [0.15, 0.2) is 11.5 Å². The molecule has 1 aromatic rings. The van der Waals surface area contributed by atoms with E-state index in [4.69, 9.17) is 14.2 Å². The van der Waals surface area contributed by atoms with Crippen LogP contribution in [0, 0.1) is 0 Å². The molecule has 0 radical (unpaired) electrons. The smallest absolute Gasteiger partial charge is 0.255 e. The maximum atomic E-state index is 13.1. The van der Waals surface area contributed by atoms with Crippen LogP contribution in [0.15, 0.2) is 17.0 Å². The summed E-state index contributed by atoms with van der Waals surface area (Å²) in [7, 11) is -1.18. The molecule has 174 valence electrons. The zero-order valence-electron chi connectivity index (χ0n) is 18.6. The average molecular weight is 458 g/mol. The Labute approximate surface area is 183 Å². The number of rotatable bonds is 9. The minimum absolute atomic E-state index is 0.0384. The fourth-order valence-electron chi connectivity index (χ4n) is 3.00. The molecule has 1 aliphatic rings. The Morgan fingerprint density at radius 3 is 2.32 bits per heavy atom. The van der Waals surface area contributed by atoms with Crippen molar-refractivity contribution in [3.63, 3.8) is 0 Å². The van der Waals surface area contributed by atoms with Gasteiger partial charge in [0, 0.05) is 25.2 Å². The molecule has 1 fully saturated rings. The quantitative estimate of drug-likeness (QED) is 0.561. The van der Waals surface area contributed by atoms with Crippen LogP contribution >= 0.6 is 0 Å². The second-order valence-electron chi connectivity index (χ2n) is 7.24. The Kier molecular flexibility index (Phi) is 8.66. The van der Waals surface area contributed by atoms with Gasteiger partial charge in [0.25, 0.3) is 5.91 Å². The highest BCUT2D eigenvalue weighted by molar-refractivity contribution is 7.89. The molecule has 2 N–H and O–H groups in total. The molecule has 11 heteroatoms. The van der Waals surface area contributed by atoms with Gasteiger partial charge in [0.2, 0.25) is 15.9 Å². The summed E-state index contributed by atoms with van der Waals surface area (Å²) in [5.41, 5.74) is -0.0446. The third kappa shape index (κ3) is 5.86. The molecule has 2 unspecified atom stereocenters. The number of nitrogens with zero attached hydrogens (tertiary/aromatic N) is 1. The molecule has 1 aromatic carbocycles. The zero-order chi connectivity index (χ0) is 23.2. The number of methoxy groups -OCH3 is 2. The van der Waals surface area contributed by atoms with Crippen molar-refractivity contribution in [3.05, 3.63) is 17.7 Å². The summed E-state index contributed by atoms with van der Waals surface area (Å²) >= 11 is 0. The van der Waals surface area contributed by atoms with Gasteiger partial charge in [-0.05, 0) is 26.3 Å². The van der Waals surface area contributed by atoms with E-state index in [1.807, 2.05) is 13.8 Å². The molecule has 2 rings (SSSR count). The van der Waals surface area contributed by atoms with Gasteiger partial charge in [-0.15, -0.1) is 0 Å². The maximum Gasteiger partial charge on any atom is 0.255 e. The molecule has 0 aromatic heterocycles. The van der Waals surface area contributed by atoms with Gasteiger partial charge in [0.05, 0.1) is 37.9 Å². The zero-order valence-corrected chi connectivity index (χ0v) is 19.4. The lowest BCUT2D eigenvalue weighted by molar-refractivity contribution is -0.123. The molecule has 0 bridgehead atoms. The number of nitrogens with one attached hydrogen (secondary N) is 2. The first-order chi connectivity index (χ1) is 14.6. The second kappa shape index (κ2) is 10.8. The number of morpholine rings is 1. The normalized spacial score (nSPS) is 16.8. The van der Waals surface area contributed by atoms with Crippen molar-refractivity contribution in [2.75, 3.05) is 40.5 Å². The molecule has 1 heterocycles. The highest BCUT2D eigenvalue weighted by atomic mass is 32.2. The van der Waals surface area contributed by atoms with Crippen molar-refractivity contribution < 1.29 is 32.2 Å². The van der Waals surface area contributed by atoms with Crippen molar-refractivity contribution in [1.82, 2.24) is 14.9 Å². The number of sulfonamides is 1. The van der Waals surface area contributed by atoms with E-state index in [1.54, 1.807) is 6.92 Å². The summed E-state index contributed by atoms with van der Waals surface area (Å²) in [5.74, 6) is -0.819. The topological polar surface area (TPSA) is 123 Å². The summed E-state index contributed by atoms with van der Waals surface area (Å²) in [4.78, 5) is 25.2. The molecule has 1 aliphatic heterocycles. The van der Waals surface area contributed by atoms with Gasteiger partial charge in [-0.3, -0.25) is 9.59 Å². The van der Waals surface area contributed by atoms with Crippen LogP contribution in [0.4, 0.5) is 0 Å². The van der Waals surface area contributed by atoms with Crippen LogP contribution in [-0.2, 0) is 19.6 Å². The van der Waals surface area contributed by atoms with Crippen LogP contribution in [0.2, 0.25) is 0 Å². The van der Waals surface area contributed by atoms with Crippen LogP contribution in [0.3, 0.4) is 0 Å². The highest BCUT2D eigenvalue weighted by Crippen LogP contribution is 2.35. The van der Waals surface area contributed by atoms with Crippen molar-refractivity contribution in [1.29, 1.82) is 0 Å². The molecule has 1 saturated heterocycles. The molecule has 10 nitrogen and oxygen atoms in total. The van der Waals surface area contributed by atoms with E-state index in [2.05, 4.69) is 10.6 Å². The minimum atomic E-state index is -3.88.